The van der Waals surface area contributed by atoms with Crippen LogP contribution in [0.4, 0.5) is 0 Å². The Balaban J connectivity index is 2.08. The summed E-state index contributed by atoms with van der Waals surface area (Å²) in [6, 6.07) is 16.2. The molecule has 0 aromatic heterocycles. The summed E-state index contributed by atoms with van der Waals surface area (Å²) in [6.45, 7) is 10.9. The quantitative estimate of drug-likeness (QED) is 0.819. The number of aryl methyl sites for hydroxylation is 3. The van der Waals surface area contributed by atoms with E-state index in [9.17, 15) is 0 Å². The Morgan fingerprint density at radius 2 is 1.25 bits per heavy atom. The molecule has 106 valence electrons. The maximum Gasteiger partial charge on any atom is 0.0297 e. The molecule has 0 heterocycles. The molecule has 0 fully saturated rings. The lowest BCUT2D eigenvalue weighted by molar-refractivity contribution is 0.494. The van der Waals surface area contributed by atoms with Crippen LogP contribution in [0.15, 0.2) is 42.5 Å². The Morgan fingerprint density at radius 1 is 0.700 bits per heavy atom. The molecule has 0 aliphatic rings. The molecule has 2 aromatic carbocycles. The molecule has 1 unspecified atom stereocenters. The smallest absolute Gasteiger partial charge is 0.0297 e. The van der Waals surface area contributed by atoms with Crippen molar-refractivity contribution in [2.45, 2.75) is 46.7 Å². The Hall–Kier alpha value is -1.60. The summed E-state index contributed by atoms with van der Waals surface area (Å²) in [6.07, 6.45) is 0. The van der Waals surface area contributed by atoms with Crippen molar-refractivity contribution in [2.75, 3.05) is 0 Å². The molecular formula is C19H25N. The second kappa shape index (κ2) is 6.23. The van der Waals surface area contributed by atoms with E-state index >= 15 is 0 Å². The van der Waals surface area contributed by atoms with Gasteiger partial charge < -0.3 is 5.32 Å². The van der Waals surface area contributed by atoms with Crippen molar-refractivity contribution in [3.05, 3.63) is 70.3 Å². The van der Waals surface area contributed by atoms with E-state index in [0.29, 0.717) is 12.1 Å². The Morgan fingerprint density at radius 3 is 1.85 bits per heavy atom. The fourth-order valence-corrected chi connectivity index (χ4v) is 2.46. The van der Waals surface area contributed by atoms with E-state index in [2.05, 4.69) is 82.4 Å². The highest BCUT2D eigenvalue weighted by Gasteiger charge is 2.11. The third-order valence-corrected chi connectivity index (χ3v) is 4.11. The van der Waals surface area contributed by atoms with Gasteiger partial charge in [-0.25, -0.2) is 0 Å². The summed E-state index contributed by atoms with van der Waals surface area (Å²) in [4.78, 5) is 0. The van der Waals surface area contributed by atoms with Crippen molar-refractivity contribution < 1.29 is 0 Å². The standard InChI is InChI=1S/C19H25N/c1-13-6-9-18(10-7-13)16(4)20-17(5)19-11-8-14(2)15(3)12-19/h6-12,16-17,20H,1-5H3/t16-,17?/m0/s1. The molecule has 0 radical (unpaired) electrons. The van der Waals surface area contributed by atoms with Gasteiger partial charge in [-0.15, -0.1) is 0 Å². The first kappa shape index (κ1) is 14.8. The summed E-state index contributed by atoms with van der Waals surface area (Å²) in [5, 5.41) is 3.68. The molecule has 1 heteroatoms. The van der Waals surface area contributed by atoms with E-state index in [1.54, 1.807) is 0 Å². The first-order valence-electron chi connectivity index (χ1n) is 7.37. The van der Waals surface area contributed by atoms with Gasteiger partial charge in [0.2, 0.25) is 0 Å². The van der Waals surface area contributed by atoms with E-state index < -0.39 is 0 Å². The van der Waals surface area contributed by atoms with Gasteiger partial charge in [-0.1, -0.05) is 48.0 Å². The minimum Gasteiger partial charge on any atom is -0.304 e. The number of hydrogen-bond acceptors (Lipinski definition) is 1. The molecule has 1 N–H and O–H groups in total. The van der Waals surface area contributed by atoms with Crippen molar-refractivity contribution in [1.29, 1.82) is 0 Å². The third kappa shape index (κ3) is 3.49. The topological polar surface area (TPSA) is 12.0 Å². The van der Waals surface area contributed by atoms with Gasteiger partial charge in [-0.2, -0.15) is 0 Å². The van der Waals surface area contributed by atoms with Crippen LogP contribution in [-0.2, 0) is 0 Å². The van der Waals surface area contributed by atoms with Crippen LogP contribution < -0.4 is 5.32 Å². The first-order chi connectivity index (χ1) is 9.47. The van der Waals surface area contributed by atoms with E-state index in [-0.39, 0.29) is 0 Å². The predicted octanol–water partition coefficient (Wildman–Crippen LogP) is 5.02. The van der Waals surface area contributed by atoms with E-state index in [4.69, 9.17) is 0 Å². The van der Waals surface area contributed by atoms with Crippen LogP contribution in [0.2, 0.25) is 0 Å². The molecule has 0 aliphatic heterocycles. The molecule has 2 aromatic rings. The first-order valence-corrected chi connectivity index (χ1v) is 7.37. The van der Waals surface area contributed by atoms with Gasteiger partial charge in [0, 0.05) is 12.1 Å². The van der Waals surface area contributed by atoms with Gasteiger partial charge in [0.25, 0.3) is 0 Å². The minimum atomic E-state index is 0.352. The zero-order valence-electron chi connectivity index (χ0n) is 13.2. The summed E-state index contributed by atoms with van der Waals surface area (Å²) in [5.74, 6) is 0. The fourth-order valence-electron chi connectivity index (χ4n) is 2.46. The van der Waals surface area contributed by atoms with Crippen molar-refractivity contribution in [3.8, 4) is 0 Å². The Labute approximate surface area is 123 Å². The minimum absolute atomic E-state index is 0.352. The monoisotopic (exact) mass is 267 g/mol. The lowest BCUT2D eigenvalue weighted by Crippen LogP contribution is -2.22. The van der Waals surface area contributed by atoms with Gasteiger partial charge in [0.05, 0.1) is 0 Å². The third-order valence-electron chi connectivity index (χ3n) is 4.11. The summed E-state index contributed by atoms with van der Waals surface area (Å²) < 4.78 is 0. The van der Waals surface area contributed by atoms with Crippen LogP contribution in [0.3, 0.4) is 0 Å². The molecule has 2 rings (SSSR count). The van der Waals surface area contributed by atoms with Crippen LogP contribution in [0, 0.1) is 20.8 Å². The van der Waals surface area contributed by atoms with Crippen molar-refractivity contribution in [2.24, 2.45) is 0 Å². The van der Waals surface area contributed by atoms with Gasteiger partial charge in [0.15, 0.2) is 0 Å². The average molecular weight is 267 g/mol. The molecule has 0 amide bonds. The molecule has 1 nitrogen and oxygen atoms in total. The normalized spacial score (nSPS) is 14.1. The van der Waals surface area contributed by atoms with E-state index in [1.165, 1.54) is 27.8 Å². The molecular weight excluding hydrogens is 242 g/mol. The largest absolute Gasteiger partial charge is 0.304 e. The van der Waals surface area contributed by atoms with Crippen LogP contribution in [0.1, 0.15) is 53.7 Å². The zero-order chi connectivity index (χ0) is 14.7. The Kier molecular flexibility index (Phi) is 4.61. The summed E-state index contributed by atoms with van der Waals surface area (Å²) >= 11 is 0. The highest BCUT2D eigenvalue weighted by atomic mass is 14.9. The van der Waals surface area contributed by atoms with Crippen molar-refractivity contribution in [3.63, 3.8) is 0 Å². The zero-order valence-corrected chi connectivity index (χ0v) is 13.2. The molecule has 20 heavy (non-hydrogen) atoms. The molecule has 0 spiro atoms. The lowest BCUT2D eigenvalue weighted by Gasteiger charge is -2.21. The Bertz CT molecular complexity index is 569. The van der Waals surface area contributed by atoms with Crippen LogP contribution in [0.25, 0.3) is 0 Å². The van der Waals surface area contributed by atoms with E-state index in [1.807, 2.05) is 0 Å². The van der Waals surface area contributed by atoms with Crippen LogP contribution in [-0.4, -0.2) is 0 Å². The van der Waals surface area contributed by atoms with Gasteiger partial charge in [-0.3, -0.25) is 0 Å². The highest BCUT2D eigenvalue weighted by molar-refractivity contribution is 5.32. The number of rotatable bonds is 4. The summed E-state index contributed by atoms with van der Waals surface area (Å²) in [5.41, 5.74) is 6.72. The second-order valence-corrected chi connectivity index (χ2v) is 5.86. The van der Waals surface area contributed by atoms with Crippen molar-refractivity contribution >= 4 is 0 Å². The predicted molar refractivity (Wildman–Crippen MR) is 87.1 cm³/mol. The SMILES string of the molecule is Cc1ccc([C@H](C)NC(C)c2ccc(C)c(C)c2)cc1. The molecule has 0 aliphatic carbocycles. The number of benzene rings is 2. The van der Waals surface area contributed by atoms with Crippen molar-refractivity contribution in [1.82, 2.24) is 5.32 Å². The van der Waals surface area contributed by atoms with Crippen LogP contribution >= 0.6 is 0 Å². The lowest BCUT2D eigenvalue weighted by atomic mass is 10.00. The molecule has 2 atom stereocenters. The van der Waals surface area contributed by atoms with E-state index in [0.717, 1.165) is 0 Å². The summed E-state index contributed by atoms with van der Waals surface area (Å²) in [7, 11) is 0. The maximum absolute atomic E-state index is 3.68. The molecule has 0 saturated heterocycles. The van der Waals surface area contributed by atoms with Gasteiger partial charge in [0.1, 0.15) is 0 Å². The average Bonchev–Trinajstić information content (AvgIpc) is 2.42. The maximum atomic E-state index is 3.68. The molecule has 0 saturated carbocycles. The van der Waals surface area contributed by atoms with Crippen LogP contribution in [0.5, 0.6) is 0 Å². The number of nitrogens with one attached hydrogen (secondary N) is 1. The van der Waals surface area contributed by atoms with Gasteiger partial charge >= 0.3 is 0 Å². The van der Waals surface area contributed by atoms with Gasteiger partial charge in [-0.05, 0) is 56.9 Å². The highest BCUT2D eigenvalue weighted by Crippen LogP contribution is 2.21. The fraction of sp³-hybridized carbons (Fsp3) is 0.368. The second-order valence-electron chi connectivity index (χ2n) is 5.86. The molecule has 0 bridgehead atoms. The number of hydrogen-bond donors (Lipinski definition) is 1.